The smallest absolute Gasteiger partial charge is 0.306 e. The Balaban J connectivity index is 2.75. The molecule has 0 aromatic heterocycles. The van der Waals surface area contributed by atoms with Gasteiger partial charge in [0.2, 0.25) is 0 Å². The molecule has 5 heteroatoms. The van der Waals surface area contributed by atoms with E-state index in [9.17, 15) is 9.90 Å². The zero-order chi connectivity index (χ0) is 10.2. The summed E-state index contributed by atoms with van der Waals surface area (Å²) in [4.78, 5) is 10.0. The Morgan fingerprint density at radius 1 is 1.62 bits per heavy atom. The summed E-state index contributed by atoms with van der Waals surface area (Å²) in [7, 11) is 0. The molecule has 3 nitrogen and oxygen atoms in total. The monoisotopic (exact) mass is 226 g/mol. The fourth-order valence-corrected chi connectivity index (χ4v) is 1.74. The van der Waals surface area contributed by atoms with Crippen molar-refractivity contribution < 1.29 is 14.6 Å². The zero-order valence-corrected chi connectivity index (χ0v) is 8.97. The summed E-state index contributed by atoms with van der Waals surface area (Å²) < 4.78 is 4.94. The molecular weight excluding hydrogens is 215 g/mol. The lowest BCUT2D eigenvalue weighted by molar-refractivity contribution is -0.146. The van der Waals surface area contributed by atoms with Crippen LogP contribution in [0.4, 0.5) is 0 Å². The summed E-state index contributed by atoms with van der Waals surface area (Å²) in [5, 5.41) is 9.54. The quantitative estimate of drug-likeness (QED) is 0.574. The lowest BCUT2D eigenvalue weighted by Crippen LogP contribution is -2.40. The Hall–Kier alpha value is 0.01000. The van der Waals surface area contributed by atoms with Gasteiger partial charge in [0.1, 0.15) is 17.0 Å². The van der Waals surface area contributed by atoms with E-state index < -0.39 is 22.5 Å². The van der Waals surface area contributed by atoms with E-state index in [-0.39, 0.29) is 12.4 Å². The number of esters is 1. The van der Waals surface area contributed by atoms with Gasteiger partial charge < -0.3 is 9.84 Å². The summed E-state index contributed by atoms with van der Waals surface area (Å²) in [6.07, 6.45) is -1.35. The maximum atomic E-state index is 11.0. The standard InChI is InChI=1S/C8H12Cl2O3/c1-8(2)3-4(11)13-6(8)5(12)7(9)10/h5-7,12H,3H2,1-2H3. The second-order valence-corrected chi connectivity index (χ2v) is 5.06. The van der Waals surface area contributed by atoms with Crippen LogP contribution in [0.3, 0.4) is 0 Å². The highest BCUT2D eigenvalue weighted by Gasteiger charge is 2.47. The van der Waals surface area contributed by atoms with Gasteiger partial charge in [-0.1, -0.05) is 13.8 Å². The summed E-state index contributed by atoms with van der Waals surface area (Å²) >= 11 is 11.0. The maximum absolute atomic E-state index is 11.0. The van der Waals surface area contributed by atoms with Gasteiger partial charge in [0.05, 0.1) is 6.42 Å². The van der Waals surface area contributed by atoms with Gasteiger partial charge in [0.25, 0.3) is 0 Å². The molecule has 1 saturated heterocycles. The van der Waals surface area contributed by atoms with Gasteiger partial charge in [0.15, 0.2) is 0 Å². The SMILES string of the molecule is CC1(C)CC(=O)OC1C(O)C(Cl)Cl. The van der Waals surface area contributed by atoms with Crippen LogP contribution in [0.2, 0.25) is 0 Å². The van der Waals surface area contributed by atoms with Crippen molar-refractivity contribution in [1.82, 2.24) is 0 Å². The lowest BCUT2D eigenvalue weighted by atomic mass is 9.83. The molecule has 2 unspecified atom stereocenters. The third-order valence-electron chi connectivity index (χ3n) is 2.20. The van der Waals surface area contributed by atoms with Gasteiger partial charge in [-0.15, -0.1) is 23.2 Å². The van der Waals surface area contributed by atoms with E-state index in [0.717, 1.165) is 0 Å². The fraction of sp³-hybridized carbons (Fsp3) is 0.875. The molecule has 0 aromatic rings. The van der Waals surface area contributed by atoms with Crippen LogP contribution in [0, 0.1) is 5.41 Å². The van der Waals surface area contributed by atoms with E-state index in [2.05, 4.69) is 0 Å². The predicted molar refractivity (Wildman–Crippen MR) is 49.8 cm³/mol. The van der Waals surface area contributed by atoms with Crippen LogP contribution in [-0.2, 0) is 9.53 Å². The van der Waals surface area contributed by atoms with E-state index >= 15 is 0 Å². The van der Waals surface area contributed by atoms with Gasteiger partial charge >= 0.3 is 5.97 Å². The van der Waals surface area contributed by atoms with Gasteiger partial charge in [-0.3, -0.25) is 4.79 Å². The second-order valence-electron chi connectivity index (χ2n) is 3.90. The van der Waals surface area contributed by atoms with E-state index in [1.54, 1.807) is 0 Å². The highest BCUT2D eigenvalue weighted by atomic mass is 35.5. The molecule has 0 spiro atoms. The van der Waals surface area contributed by atoms with Crippen molar-refractivity contribution >= 4 is 29.2 Å². The lowest BCUT2D eigenvalue weighted by Gasteiger charge is -2.28. The largest absolute Gasteiger partial charge is 0.459 e. The van der Waals surface area contributed by atoms with Crippen LogP contribution < -0.4 is 0 Å². The summed E-state index contributed by atoms with van der Waals surface area (Å²) in [6.45, 7) is 3.67. The predicted octanol–water partition coefficient (Wildman–Crippen LogP) is 1.49. The van der Waals surface area contributed by atoms with Crippen molar-refractivity contribution in [3.63, 3.8) is 0 Å². The van der Waals surface area contributed by atoms with Crippen LogP contribution >= 0.6 is 23.2 Å². The van der Waals surface area contributed by atoms with E-state index in [1.165, 1.54) is 0 Å². The molecule has 1 fully saturated rings. The number of ether oxygens (including phenoxy) is 1. The Labute approximate surface area is 87.0 Å². The molecule has 0 bridgehead atoms. The normalized spacial score (nSPS) is 29.1. The third-order valence-corrected chi connectivity index (χ3v) is 2.71. The highest BCUT2D eigenvalue weighted by molar-refractivity contribution is 6.44. The van der Waals surface area contributed by atoms with Crippen molar-refractivity contribution in [2.24, 2.45) is 5.41 Å². The molecule has 1 N–H and O–H groups in total. The molecule has 0 radical (unpaired) electrons. The van der Waals surface area contributed by atoms with Crippen LogP contribution in [0.1, 0.15) is 20.3 Å². The molecule has 2 atom stereocenters. The minimum absolute atomic E-state index is 0.287. The summed E-state index contributed by atoms with van der Waals surface area (Å²) in [5.74, 6) is -0.317. The minimum atomic E-state index is -1.02. The van der Waals surface area contributed by atoms with Crippen molar-refractivity contribution in [1.29, 1.82) is 0 Å². The van der Waals surface area contributed by atoms with Gasteiger partial charge in [-0.25, -0.2) is 0 Å². The fourth-order valence-electron chi connectivity index (χ4n) is 1.48. The first-order valence-electron chi connectivity index (χ1n) is 4.00. The number of hydrogen-bond acceptors (Lipinski definition) is 3. The molecule has 1 aliphatic heterocycles. The minimum Gasteiger partial charge on any atom is -0.459 e. The maximum Gasteiger partial charge on any atom is 0.306 e. The average Bonchev–Trinajstić information content (AvgIpc) is 2.22. The van der Waals surface area contributed by atoms with Gasteiger partial charge in [0, 0.05) is 5.41 Å². The van der Waals surface area contributed by atoms with E-state index in [0.29, 0.717) is 0 Å². The number of halogens is 2. The second kappa shape index (κ2) is 3.64. The molecule has 0 aliphatic carbocycles. The van der Waals surface area contributed by atoms with E-state index in [1.807, 2.05) is 13.8 Å². The number of carbonyl (C=O) groups excluding carboxylic acids is 1. The summed E-state index contributed by atoms with van der Waals surface area (Å²) in [5.41, 5.74) is -0.404. The molecule has 0 saturated carbocycles. The average molecular weight is 227 g/mol. The third kappa shape index (κ3) is 2.27. The molecule has 0 aromatic carbocycles. The Bertz CT molecular complexity index is 215. The number of aliphatic hydroxyl groups is 1. The van der Waals surface area contributed by atoms with Crippen LogP contribution in [0.15, 0.2) is 0 Å². The van der Waals surface area contributed by atoms with Crippen molar-refractivity contribution in [2.45, 2.75) is 37.3 Å². The molecule has 0 amide bonds. The molecular formula is C8H12Cl2O3. The first-order valence-corrected chi connectivity index (χ1v) is 4.87. The van der Waals surface area contributed by atoms with E-state index in [4.69, 9.17) is 27.9 Å². The molecule has 13 heavy (non-hydrogen) atoms. The summed E-state index contributed by atoms with van der Waals surface area (Å²) in [6, 6.07) is 0. The number of rotatable bonds is 2. The van der Waals surface area contributed by atoms with Gasteiger partial charge in [-0.2, -0.15) is 0 Å². The number of aliphatic hydroxyl groups excluding tert-OH is 1. The molecule has 1 rings (SSSR count). The van der Waals surface area contributed by atoms with Crippen molar-refractivity contribution in [2.75, 3.05) is 0 Å². The van der Waals surface area contributed by atoms with Crippen LogP contribution in [0.5, 0.6) is 0 Å². The number of cyclic esters (lactones) is 1. The molecule has 1 aliphatic rings. The topological polar surface area (TPSA) is 46.5 Å². The number of alkyl halides is 2. The van der Waals surface area contributed by atoms with Crippen LogP contribution in [-0.4, -0.2) is 28.1 Å². The first-order chi connectivity index (χ1) is 5.84. The first kappa shape index (κ1) is 11.1. The Morgan fingerprint density at radius 2 is 2.15 bits per heavy atom. The Kier molecular flexibility index (Phi) is 3.10. The Morgan fingerprint density at radius 3 is 2.46 bits per heavy atom. The number of hydrogen-bond donors (Lipinski definition) is 1. The van der Waals surface area contributed by atoms with Crippen LogP contribution in [0.25, 0.3) is 0 Å². The zero-order valence-electron chi connectivity index (χ0n) is 7.46. The van der Waals surface area contributed by atoms with Crippen molar-refractivity contribution in [3.05, 3.63) is 0 Å². The molecule has 1 heterocycles. The van der Waals surface area contributed by atoms with Crippen molar-refractivity contribution in [3.8, 4) is 0 Å². The number of carbonyl (C=O) groups is 1. The van der Waals surface area contributed by atoms with Gasteiger partial charge in [-0.05, 0) is 0 Å². The highest BCUT2D eigenvalue weighted by Crippen LogP contribution is 2.38. The molecule has 76 valence electrons.